The predicted octanol–water partition coefficient (Wildman–Crippen LogP) is 11.6. The monoisotopic (exact) mass is 573 g/mol. The molecule has 8 rings (SSSR count). The molecule has 0 aliphatic carbocycles. The second kappa shape index (κ2) is 9.22. The Labute approximate surface area is 241 Å². The summed E-state index contributed by atoms with van der Waals surface area (Å²) in [5.74, 6) is 0. The zero-order valence-electron chi connectivity index (χ0n) is 21.7. The van der Waals surface area contributed by atoms with Crippen LogP contribution < -0.4 is 4.90 Å². The maximum absolute atomic E-state index is 3.79. The zero-order valence-corrected chi connectivity index (χ0v) is 23.3. The molecule has 0 bridgehead atoms. The molecule has 0 aliphatic rings. The van der Waals surface area contributed by atoms with Gasteiger partial charge in [-0.2, -0.15) is 0 Å². The third kappa shape index (κ3) is 3.53. The number of para-hydroxylation sites is 2. The molecule has 1 nitrogen and oxygen atoms in total. The molecule has 0 heterocycles. The predicted molar refractivity (Wildman–Crippen MR) is 175 cm³/mol. The molecule has 2 heteroatoms. The summed E-state index contributed by atoms with van der Waals surface area (Å²) in [6.45, 7) is 0. The Bertz CT molecular complexity index is 2130. The smallest absolute Gasteiger partial charge is 0.0540 e. The lowest BCUT2D eigenvalue weighted by atomic mass is 9.88. The minimum Gasteiger partial charge on any atom is -0.310 e. The molecule has 8 aromatic rings. The van der Waals surface area contributed by atoms with Gasteiger partial charge in [-0.1, -0.05) is 125 Å². The standard InChI is InChI=1S/C38H24BrN/c39-35-23-18-26-16-20-33-31(19-15-25-17-21-34(35)38(26)37(25)33)30-22-24-36(32-14-8-7-13-29(30)32)40(27-9-3-1-4-10-27)28-11-5-2-6-12-28/h1-24H. The van der Waals surface area contributed by atoms with Gasteiger partial charge in [0.15, 0.2) is 0 Å². The van der Waals surface area contributed by atoms with Crippen molar-refractivity contribution in [2.75, 3.05) is 4.90 Å². The lowest BCUT2D eigenvalue weighted by Crippen LogP contribution is -2.10. The molecule has 0 N–H and O–H groups in total. The van der Waals surface area contributed by atoms with Crippen molar-refractivity contribution < 1.29 is 0 Å². The Morgan fingerprint density at radius 2 is 0.875 bits per heavy atom. The fourth-order valence-corrected chi connectivity index (χ4v) is 6.76. The van der Waals surface area contributed by atoms with Crippen molar-refractivity contribution in [3.63, 3.8) is 0 Å². The van der Waals surface area contributed by atoms with E-state index >= 15 is 0 Å². The summed E-state index contributed by atoms with van der Waals surface area (Å²) in [6, 6.07) is 52.6. The summed E-state index contributed by atoms with van der Waals surface area (Å²) in [5.41, 5.74) is 5.95. The molecular weight excluding hydrogens is 550 g/mol. The first-order chi connectivity index (χ1) is 19.8. The van der Waals surface area contributed by atoms with E-state index in [2.05, 4.69) is 166 Å². The number of nitrogens with zero attached hydrogens (tertiary/aromatic N) is 1. The maximum Gasteiger partial charge on any atom is 0.0540 e. The van der Waals surface area contributed by atoms with Crippen LogP contribution in [0.2, 0.25) is 0 Å². The molecule has 0 aromatic heterocycles. The van der Waals surface area contributed by atoms with Crippen molar-refractivity contribution in [3.8, 4) is 11.1 Å². The summed E-state index contributed by atoms with van der Waals surface area (Å²) < 4.78 is 1.14. The van der Waals surface area contributed by atoms with Crippen LogP contribution in [-0.2, 0) is 0 Å². The average Bonchev–Trinajstić information content (AvgIpc) is 3.02. The van der Waals surface area contributed by atoms with Gasteiger partial charge in [0.2, 0.25) is 0 Å². The maximum atomic E-state index is 3.79. The molecule has 0 fully saturated rings. The van der Waals surface area contributed by atoms with Crippen LogP contribution in [0.15, 0.2) is 150 Å². The highest BCUT2D eigenvalue weighted by Gasteiger charge is 2.19. The summed E-state index contributed by atoms with van der Waals surface area (Å²) in [5, 5.41) is 10.2. The van der Waals surface area contributed by atoms with Crippen LogP contribution in [-0.4, -0.2) is 0 Å². The van der Waals surface area contributed by atoms with Gasteiger partial charge < -0.3 is 4.90 Å². The molecule has 0 amide bonds. The van der Waals surface area contributed by atoms with Gasteiger partial charge in [0, 0.05) is 21.2 Å². The third-order valence-electron chi connectivity index (χ3n) is 8.07. The highest BCUT2D eigenvalue weighted by molar-refractivity contribution is 9.10. The Hall–Kier alpha value is -4.66. The van der Waals surface area contributed by atoms with Crippen LogP contribution in [0.4, 0.5) is 17.1 Å². The molecule has 0 saturated carbocycles. The van der Waals surface area contributed by atoms with Gasteiger partial charge >= 0.3 is 0 Å². The van der Waals surface area contributed by atoms with E-state index in [1.54, 1.807) is 0 Å². The Morgan fingerprint density at radius 3 is 1.57 bits per heavy atom. The minimum atomic E-state index is 1.14. The van der Waals surface area contributed by atoms with Crippen molar-refractivity contribution in [2.45, 2.75) is 0 Å². The van der Waals surface area contributed by atoms with E-state index in [1.165, 1.54) is 59.9 Å². The molecule has 0 saturated heterocycles. The highest BCUT2D eigenvalue weighted by atomic mass is 79.9. The van der Waals surface area contributed by atoms with Gasteiger partial charge in [-0.05, 0) is 85.2 Å². The van der Waals surface area contributed by atoms with Gasteiger partial charge in [0.25, 0.3) is 0 Å². The number of rotatable bonds is 4. The molecule has 0 atom stereocenters. The molecule has 0 spiro atoms. The molecule has 0 radical (unpaired) electrons. The molecule has 0 aliphatic heterocycles. The first kappa shape index (κ1) is 23.2. The fourth-order valence-electron chi connectivity index (χ4n) is 6.29. The van der Waals surface area contributed by atoms with Gasteiger partial charge in [-0.25, -0.2) is 0 Å². The van der Waals surface area contributed by atoms with E-state index in [0.717, 1.165) is 15.8 Å². The van der Waals surface area contributed by atoms with Crippen molar-refractivity contribution in [1.82, 2.24) is 0 Å². The van der Waals surface area contributed by atoms with E-state index in [1.807, 2.05) is 0 Å². The van der Waals surface area contributed by atoms with Crippen LogP contribution in [0.5, 0.6) is 0 Å². The lowest BCUT2D eigenvalue weighted by Gasteiger charge is -2.27. The first-order valence-electron chi connectivity index (χ1n) is 13.6. The first-order valence-corrected chi connectivity index (χ1v) is 14.4. The molecule has 0 unspecified atom stereocenters. The van der Waals surface area contributed by atoms with Gasteiger partial charge in [0.1, 0.15) is 0 Å². The van der Waals surface area contributed by atoms with Crippen molar-refractivity contribution in [2.24, 2.45) is 0 Å². The second-order valence-corrected chi connectivity index (χ2v) is 11.1. The minimum absolute atomic E-state index is 1.14. The van der Waals surface area contributed by atoms with E-state index in [-0.39, 0.29) is 0 Å². The zero-order chi connectivity index (χ0) is 26.6. The van der Waals surface area contributed by atoms with E-state index in [9.17, 15) is 0 Å². The van der Waals surface area contributed by atoms with Crippen LogP contribution in [0, 0.1) is 0 Å². The molecular formula is C38H24BrN. The average molecular weight is 575 g/mol. The molecule has 8 aromatic carbocycles. The second-order valence-electron chi connectivity index (χ2n) is 10.3. The third-order valence-corrected chi connectivity index (χ3v) is 8.76. The topological polar surface area (TPSA) is 3.24 Å². The summed E-state index contributed by atoms with van der Waals surface area (Å²) >= 11 is 3.79. The van der Waals surface area contributed by atoms with Crippen molar-refractivity contribution in [3.05, 3.63) is 150 Å². The number of hydrogen-bond acceptors (Lipinski definition) is 1. The largest absolute Gasteiger partial charge is 0.310 e. The van der Waals surface area contributed by atoms with Gasteiger partial charge in [-0.3, -0.25) is 0 Å². The molecule has 40 heavy (non-hydrogen) atoms. The van der Waals surface area contributed by atoms with E-state index in [4.69, 9.17) is 0 Å². The lowest BCUT2D eigenvalue weighted by molar-refractivity contribution is 1.30. The summed E-state index contributed by atoms with van der Waals surface area (Å²) in [7, 11) is 0. The van der Waals surface area contributed by atoms with Crippen LogP contribution in [0.1, 0.15) is 0 Å². The number of hydrogen-bond donors (Lipinski definition) is 0. The van der Waals surface area contributed by atoms with Crippen molar-refractivity contribution >= 4 is 76.1 Å². The Morgan fingerprint density at radius 1 is 0.375 bits per heavy atom. The summed E-state index contributed by atoms with van der Waals surface area (Å²) in [6.07, 6.45) is 0. The van der Waals surface area contributed by atoms with Crippen LogP contribution in [0.25, 0.3) is 54.2 Å². The quantitative estimate of drug-likeness (QED) is 0.189. The number of fused-ring (bicyclic) bond motifs is 1. The van der Waals surface area contributed by atoms with Gasteiger partial charge in [0.05, 0.1) is 5.69 Å². The number of anilines is 3. The SMILES string of the molecule is Brc1ccc2ccc3c(-c4ccc(N(c5ccccc5)c5ccccc5)c5ccccc45)ccc4ccc1c2c43. The summed E-state index contributed by atoms with van der Waals surface area (Å²) in [4.78, 5) is 2.35. The Kier molecular flexibility index (Phi) is 5.36. The highest BCUT2D eigenvalue weighted by Crippen LogP contribution is 2.45. The fraction of sp³-hybridized carbons (Fsp3) is 0. The van der Waals surface area contributed by atoms with Crippen LogP contribution >= 0.6 is 15.9 Å². The van der Waals surface area contributed by atoms with E-state index in [0.29, 0.717) is 0 Å². The van der Waals surface area contributed by atoms with Crippen LogP contribution in [0.3, 0.4) is 0 Å². The normalized spacial score (nSPS) is 11.6. The Balaban J connectivity index is 1.41. The molecule has 188 valence electrons. The van der Waals surface area contributed by atoms with E-state index < -0.39 is 0 Å². The van der Waals surface area contributed by atoms with Crippen molar-refractivity contribution in [1.29, 1.82) is 0 Å². The van der Waals surface area contributed by atoms with Gasteiger partial charge in [-0.15, -0.1) is 0 Å². The number of benzene rings is 8. The number of halogens is 1.